The van der Waals surface area contributed by atoms with Gasteiger partial charge in [0.25, 0.3) is 5.69 Å². The van der Waals surface area contributed by atoms with Crippen LogP contribution in [-0.4, -0.2) is 28.7 Å². The molecule has 0 aliphatic carbocycles. The summed E-state index contributed by atoms with van der Waals surface area (Å²) < 4.78 is 28.5. The van der Waals surface area contributed by atoms with E-state index in [1.54, 1.807) is 0 Å². The summed E-state index contributed by atoms with van der Waals surface area (Å²) in [5.74, 6) is -1.69. The second kappa shape index (κ2) is 6.05. The Kier molecular flexibility index (Phi) is 4.70. The minimum Gasteiger partial charge on any atom is -0.480 e. The monoisotopic (exact) mass is 276 g/mol. The van der Waals surface area contributed by atoms with Gasteiger partial charge in [0.15, 0.2) is 0 Å². The predicted molar refractivity (Wildman–Crippen MR) is 59.0 cm³/mol. The Morgan fingerprint density at radius 1 is 1.53 bits per heavy atom. The van der Waals surface area contributed by atoms with Crippen LogP contribution in [0.3, 0.4) is 0 Å². The van der Waals surface area contributed by atoms with Crippen molar-refractivity contribution in [2.24, 2.45) is 5.73 Å². The minimum absolute atomic E-state index is 0.0654. The van der Waals surface area contributed by atoms with Crippen LogP contribution in [0.25, 0.3) is 0 Å². The lowest BCUT2D eigenvalue weighted by atomic mass is 10.0. The number of rotatable bonds is 6. The second-order valence-corrected chi connectivity index (χ2v) is 3.58. The number of alkyl halides is 2. The fraction of sp³-hybridized carbons (Fsp3) is 0.300. The Hall–Kier alpha value is -2.29. The van der Waals surface area contributed by atoms with Crippen LogP contribution in [0.4, 0.5) is 14.5 Å². The molecule has 0 heterocycles. The van der Waals surface area contributed by atoms with Crippen LogP contribution in [0.15, 0.2) is 18.2 Å². The second-order valence-electron chi connectivity index (χ2n) is 3.58. The Labute approximate surface area is 105 Å². The van der Waals surface area contributed by atoms with Gasteiger partial charge in [0.2, 0.25) is 0 Å². The van der Waals surface area contributed by atoms with E-state index in [0.717, 1.165) is 18.2 Å². The first kappa shape index (κ1) is 14.8. The number of halogens is 2. The fourth-order valence-electron chi connectivity index (χ4n) is 1.37. The smallest absolute Gasteiger partial charge is 0.387 e. The van der Waals surface area contributed by atoms with Gasteiger partial charge in [-0.2, -0.15) is 8.78 Å². The van der Waals surface area contributed by atoms with Crippen LogP contribution in [-0.2, 0) is 11.2 Å². The summed E-state index contributed by atoms with van der Waals surface area (Å²) in [5, 5.41) is 19.2. The summed E-state index contributed by atoms with van der Waals surface area (Å²) in [6.07, 6.45) is -0.362. The van der Waals surface area contributed by atoms with E-state index in [1.807, 2.05) is 0 Å². The number of nitrogens with two attached hydrogens (primary N) is 1. The molecule has 0 amide bonds. The summed E-state index contributed by atoms with van der Waals surface area (Å²) in [4.78, 5) is 20.4. The summed E-state index contributed by atoms with van der Waals surface area (Å²) in [6, 6.07) is 1.55. The van der Waals surface area contributed by atoms with E-state index in [0.29, 0.717) is 0 Å². The zero-order valence-electron chi connectivity index (χ0n) is 9.45. The highest BCUT2D eigenvalue weighted by Gasteiger charge is 2.19. The van der Waals surface area contributed by atoms with Crippen molar-refractivity contribution in [2.45, 2.75) is 19.1 Å². The number of carboxylic acids is 1. The van der Waals surface area contributed by atoms with Crippen LogP contribution in [0.5, 0.6) is 5.75 Å². The van der Waals surface area contributed by atoms with Crippen molar-refractivity contribution < 1.29 is 28.3 Å². The average molecular weight is 276 g/mol. The topological polar surface area (TPSA) is 116 Å². The van der Waals surface area contributed by atoms with E-state index in [2.05, 4.69) is 4.74 Å². The molecule has 19 heavy (non-hydrogen) atoms. The van der Waals surface area contributed by atoms with E-state index >= 15 is 0 Å². The maximum atomic E-state index is 12.2. The fourth-order valence-corrected chi connectivity index (χ4v) is 1.37. The van der Waals surface area contributed by atoms with Crippen LogP contribution in [0, 0.1) is 10.1 Å². The molecule has 1 aromatic rings. The normalized spacial score (nSPS) is 12.2. The zero-order valence-corrected chi connectivity index (χ0v) is 9.45. The molecule has 1 aromatic carbocycles. The highest BCUT2D eigenvalue weighted by molar-refractivity contribution is 5.73. The third kappa shape index (κ3) is 4.14. The molecule has 7 nitrogen and oxygen atoms in total. The van der Waals surface area contributed by atoms with Crippen molar-refractivity contribution in [3.63, 3.8) is 0 Å². The highest BCUT2D eigenvalue weighted by Crippen LogP contribution is 2.26. The number of non-ortho nitro benzene ring substituents is 1. The number of nitrogens with zero attached hydrogens (tertiary/aromatic N) is 1. The van der Waals surface area contributed by atoms with E-state index in [-0.39, 0.29) is 23.4 Å². The van der Waals surface area contributed by atoms with Crippen molar-refractivity contribution >= 4 is 11.7 Å². The average Bonchev–Trinajstić information content (AvgIpc) is 2.30. The SMILES string of the molecule is NC(Cc1cc([N+](=O)[O-])ccc1OC(F)F)C(=O)O. The van der Waals surface area contributed by atoms with Gasteiger partial charge in [-0.05, 0) is 6.07 Å². The van der Waals surface area contributed by atoms with Crippen molar-refractivity contribution in [1.82, 2.24) is 0 Å². The number of carboxylic acid groups (broad SMARTS) is 1. The molecule has 0 aliphatic rings. The van der Waals surface area contributed by atoms with Crippen molar-refractivity contribution in [3.8, 4) is 5.75 Å². The standard InChI is InChI=1S/C10H10F2N2O5/c11-10(12)19-8-2-1-6(14(17)18)3-5(8)4-7(13)9(15)16/h1-3,7,10H,4,13H2,(H,15,16). The van der Waals surface area contributed by atoms with E-state index in [1.165, 1.54) is 0 Å². The van der Waals surface area contributed by atoms with Crippen LogP contribution >= 0.6 is 0 Å². The first-order chi connectivity index (χ1) is 8.81. The van der Waals surface area contributed by atoms with Gasteiger partial charge in [0, 0.05) is 24.1 Å². The molecule has 0 radical (unpaired) electrons. The van der Waals surface area contributed by atoms with Crippen molar-refractivity contribution in [3.05, 3.63) is 33.9 Å². The van der Waals surface area contributed by atoms with Gasteiger partial charge in [-0.25, -0.2) is 0 Å². The molecule has 0 fully saturated rings. The maximum Gasteiger partial charge on any atom is 0.387 e. The molecule has 0 saturated carbocycles. The molecular formula is C10H10F2N2O5. The van der Waals surface area contributed by atoms with Crippen LogP contribution < -0.4 is 10.5 Å². The molecular weight excluding hydrogens is 266 g/mol. The summed E-state index contributed by atoms with van der Waals surface area (Å²) in [6.45, 7) is -3.12. The quantitative estimate of drug-likeness (QED) is 0.594. The highest BCUT2D eigenvalue weighted by atomic mass is 19.3. The molecule has 0 saturated heterocycles. The molecule has 1 unspecified atom stereocenters. The molecule has 1 atom stereocenters. The summed E-state index contributed by atoms with van der Waals surface area (Å²) >= 11 is 0. The Balaban J connectivity index is 3.10. The van der Waals surface area contributed by atoms with E-state index in [9.17, 15) is 23.7 Å². The number of carbonyl (C=O) groups is 1. The van der Waals surface area contributed by atoms with Crippen LogP contribution in [0.2, 0.25) is 0 Å². The van der Waals surface area contributed by atoms with Gasteiger partial charge in [-0.15, -0.1) is 0 Å². The number of hydrogen-bond acceptors (Lipinski definition) is 5. The summed E-state index contributed by atoms with van der Waals surface area (Å²) in [7, 11) is 0. The third-order valence-corrected chi connectivity index (χ3v) is 2.23. The Bertz CT molecular complexity index is 495. The molecule has 3 N–H and O–H groups in total. The van der Waals surface area contributed by atoms with E-state index < -0.39 is 23.5 Å². The van der Waals surface area contributed by atoms with Gasteiger partial charge in [-0.1, -0.05) is 0 Å². The third-order valence-electron chi connectivity index (χ3n) is 2.23. The van der Waals surface area contributed by atoms with Gasteiger partial charge in [0.05, 0.1) is 4.92 Å². The van der Waals surface area contributed by atoms with Gasteiger partial charge >= 0.3 is 12.6 Å². The molecule has 0 bridgehead atoms. The molecule has 9 heteroatoms. The van der Waals surface area contributed by atoms with Gasteiger partial charge in [-0.3, -0.25) is 14.9 Å². The first-order valence-electron chi connectivity index (χ1n) is 5.01. The molecule has 104 valence electrons. The summed E-state index contributed by atoms with van der Waals surface area (Å²) in [5.41, 5.74) is 4.83. The first-order valence-corrected chi connectivity index (χ1v) is 5.01. The van der Waals surface area contributed by atoms with Gasteiger partial charge in [0.1, 0.15) is 11.8 Å². The zero-order chi connectivity index (χ0) is 14.6. The predicted octanol–water partition coefficient (Wildman–Crippen LogP) is 1.15. The lowest BCUT2D eigenvalue weighted by Crippen LogP contribution is -2.32. The van der Waals surface area contributed by atoms with E-state index in [4.69, 9.17) is 10.8 Å². The van der Waals surface area contributed by atoms with Crippen molar-refractivity contribution in [1.29, 1.82) is 0 Å². The number of benzene rings is 1. The lowest BCUT2D eigenvalue weighted by molar-refractivity contribution is -0.385. The number of aliphatic carboxylic acids is 1. The van der Waals surface area contributed by atoms with Crippen molar-refractivity contribution in [2.75, 3.05) is 0 Å². The molecule has 0 aromatic heterocycles. The Morgan fingerprint density at radius 3 is 2.63 bits per heavy atom. The minimum atomic E-state index is -3.12. The largest absolute Gasteiger partial charge is 0.480 e. The molecule has 0 aliphatic heterocycles. The van der Waals surface area contributed by atoms with Gasteiger partial charge < -0.3 is 15.6 Å². The maximum absolute atomic E-state index is 12.2. The number of nitro benzene ring substituents is 1. The Morgan fingerprint density at radius 2 is 2.16 bits per heavy atom. The lowest BCUT2D eigenvalue weighted by Gasteiger charge is -2.12. The van der Waals surface area contributed by atoms with Crippen LogP contribution in [0.1, 0.15) is 5.56 Å². The number of ether oxygens (including phenoxy) is 1. The molecule has 0 spiro atoms. The molecule has 1 rings (SSSR count). The number of hydrogen-bond donors (Lipinski definition) is 2. The number of nitro groups is 1.